The Morgan fingerprint density at radius 1 is 1.21 bits per heavy atom. The molecular weight excluding hydrogens is 513 g/mol. The number of halogens is 1. The summed E-state index contributed by atoms with van der Waals surface area (Å²) < 4.78 is 32.0. The summed E-state index contributed by atoms with van der Waals surface area (Å²) in [7, 11) is 0. The maximum atomic E-state index is 14.4. The number of rotatable bonds is 4. The Balaban J connectivity index is 1.59. The number of ether oxygens (including phenoxy) is 3. The lowest BCUT2D eigenvalue weighted by atomic mass is 9.93. The van der Waals surface area contributed by atoms with Crippen LogP contribution in [0.2, 0.25) is 0 Å². The molecule has 2 atom stereocenters. The average Bonchev–Trinajstić information content (AvgIpc) is 3.07. The summed E-state index contributed by atoms with van der Waals surface area (Å²) in [5.41, 5.74) is 1.86. The molecule has 1 aromatic heterocycles. The number of amides is 1. The van der Waals surface area contributed by atoms with E-state index < -0.39 is 36.3 Å². The zero-order valence-electron chi connectivity index (χ0n) is 20.3. The summed E-state index contributed by atoms with van der Waals surface area (Å²) in [6, 6.07) is 14.6. The zero-order valence-corrected chi connectivity index (χ0v) is 21.1. The number of morpholine rings is 1. The van der Waals surface area contributed by atoms with Gasteiger partial charge in [0.2, 0.25) is 12.5 Å². The largest absolute Gasteiger partial charge is 0.450 e. The molecule has 0 saturated carbocycles. The minimum atomic E-state index is -0.692. The summed E-state index contributed by atoms with van der Waals surface area (Å²) in [6.45, 7) is 1.49. The van der Waals surface area contributed by atoms with Crippen molar-refractivity contribution in [3.63, 3.8) is 0 Å². The first kappa shape index (κ1) is 24.3. The maximum Gasteiger partial charge on any atom is 0.305 e. The van der Waals surface area contributed by atoms with Gasteiger partial charge in [0.05, 0.1) is 13.2 Å². The minimum Gasteiger partial charge on any atom is -0.450 e. The second-order valence-electron chi connectivity index (χ2n) is 8.96. The van der Waals surface area contributed by atoms with Gasteiger partial charge in [0.15, 0.2) is 5.69 Å². The van der Waals surface area contributed by atoms with Crippen LogP contribution in [0.1, 0.15) is 40.1 Å². The van der Waals surface area contributed by atoms with Gasteiger partial charge in [-0.25, -0.2) is 9.07 Å². The number of benzene rings is 2. The zero-order chi connectivity index (χ0) is 26.4. The molecule has 1 saturated heterocycles. The van der Waals surface area contributed by atoms with Crippen LogP contribution >= 0.6 is 11.8 Å². The van der Waals surface area contributed by atoms with Gasteiger partial charge in [-0.05, 0) is 34.9 Å². The number of carbonyl (C=O) groups excluding carboxylic acids is 2. The average molecular weight is 536 g/mol. The Hall–Kier alpha value is -4.01. The van der Waals surface area contributed by atoms with Crippen LogP contribution in [0, 0.1) is 18.1 Å². The van der Waals surface area contributed by atoms with Crippen LogP contribution in [-0.2, 0) is 20.0 Å². The van der Waals surface area contributed by atoms with Crippen molar-refractivity contribution in [3.05, 3.63) is 93.2 Å². The van der Waals surface area contributed by atoms with Gasteiger partial charge in [-0.1, -0.05) is 24.3 Å². The first-order valence-electron chi connectivity index (χ1n) is 12.0. The summed E-state index contributed by atoms with van der Waals surface area (Å²) in [5, 5.41) is 1.91. The van der Waals surface area contributed by atoms with Crippen molar-refractivity contribution >= 4 is 23.6 Å². The van der Waals surface area contributed by atoms with Gasteiger partial charge in [0.25, 0.3) is 11.3 Å². The van der Waals surface area contributed by atoms with Crippen molar-refractivity contribution in [2.24, 2.45) is 0 Å². The molecule has 3 aromatic rings. The van der Waals surface area contributed by atoms with E-state index in [9.17, 15) is 18.8 Å². The molecule has 0 N–H and O–H groups in total. The van der Waals surface area contributed by atoms with Gasteiger partial charge in [0, 0.05) is 36.4 Å². The molecule has 4 heterocycles. The number of hydrogen-bond donors (Lipinski definition) is 0. The normalized spacial score (nSPS) is 19.8. The molecule has 1 fully saturated rings. The molecule has 1 amide bonds. The molecule has 0 aliphatic carbocycles. The molecule has 38 heavy (non-hydrogen) atoms. The third kappa shape index (κ3) is 4.06. The highest BCUT2D eigenvalue weighted by Gasteiger charge is 2.46. The van der Waals surface area contributed by atoms with Gasteiger partial charge in [-0.15, -0.1) is 11.8 Å². The molecule has 0 bridgehead atoms. The van der Waals surface area contributed by atoms with Crippen molar-refractivity contribution in [2.75, 3.05) is 31.6 Å². The number of aromatic nitrogens is 1. The summed E-state index contributed by atoms with van der Waals surface area (Å²) >= 11 is 1.60. The monoisotopic (exact) mass is 535 g/mol. The van der Waals surface area contributed by atoms with Crippen molar-refractivity contribution < 1.29 is 28.2 Å². The lowest BCUT2D eigenvalue weighted by Crippen LogP contribution is -2.66. The molecule has 11 heteroatoms. The van der Waals surface area contributed by atoms with Gasteiger partial charge in [-0.2, -0.15) is 0 Å². The van der Waals surface area contributed by atoms with Crippen molar-refractivity contribution in [3.8, 4) is 5.75 Å². The number of nitrogens with zero attached hydrogens (tertiary/aromatic N) is 3. The third-order valence-corrected chi connectivity index (χ3v) is 7.88. The Morgan fingerprint density at radius 3 is 2.89 bits per heavy atom. The van der Waals surface area contributed by atoms with Gasteiger partial charge < -0.3 is 19.1 Å². The molecule has 194 valence electrons. The Labute approximate surface area is 221 Å². The van der Waals surface area contributed by atoms with Crippen LogP contribution in [0.25, 0.3) is 0 Å². The van der Waals surface area contributed by atoms with Crippen LogP contribution in [0.15, 0.2) is 52.2 Å². The number of esters is 1. The van der Waals surface area contributed by atoms with E-state index in [-0.39, 0.29) is 30.4 Å². The van der Waals surface area contributed by atoms with Gasteiger partial charge in [0.1, 0.15) is 18.0 Å². The van der Waals surface area contributed by atoms with Crippen molar-refractivity contribution in [1.82, 2.24) is 9.58 Å². The third-order valence-electron chi connectivity index (χ3n) is 6.74. The smallest absolute Gasteiger partial charge is 0.305 e. The molecular formula is C27H22FN3O6S. The molecule has 3 aliphatic rings. The fraction of sp³-hybridized carbons (Fsp3) is 0.296. The van der Waals surface area contributed by atoms with Crippen LogP contribution in [0.5, 0.6) is 5.75 Å². The van der Waals surface area contributed by atoms with E-state index in [4.69, 9.17) is 14.2 Å². The fourth-order valence-electron chi connectivity index (χ4n) is 5.10. The van der Waals surface area contributed by atoms with E-state index in [0.29, 0.717) is 12.4 Å². The van der Waals surface area contributed by atoms with Crippen LogP contribution < -0.4 is 15.2 Å². The highest BCUT2D eigenvalue weighted by atomic mass is 32.2. The molecule has 0 radical (unpaired) electrons. The van der Waals surface area contributed by atoms with E-state index in [1.165, 1.54) is 23.7 Å². The Kier molecular flexibility index (Phi) is 6.21. The lowest BCUT2D eigenvalue weighted by Gasteiger charge is -2.50. The van der Waals surface area contributed by atoms with Gasteiger partial charge >= 0.3 is 5.97 Å². The maximum absolute atomic E-state index is 14.4. The predicted octanol–water partition coefficient (Wildman–Crippen LogP) is 2.63. The highest BCUT2D eigenvalue weighted by molar-refractivity contribution is 7.98. The Bertz CT molecular complexity index is 1490. The fourth-order valence-corrected chi connectivity index (χ4v) is 6.18. The predicted molar refractivity (Wildman–Crippen MR) is 134 cm³/mol. The summed E-state index contributed by atoms with van der Waals surface area (Å²) in [4.78, 5) is 40.5. The Morgan fingerprint density at radius 2 is 2.05 bits per heavy atom. The number of fused-ring (bicyclic) bond motifs is 4. The SMILES string of the molecule is CC(=O)OCOc1c2n(c#cc1=O)N([C@H]1c3ccc(F)cc3CSc3ccccc31)[C@@H]1COCCN1C2=O. The summed E-state index contributed by atoms with van der Waals surface area (Å²) in [6.07, 6.45) is 2.28. The van der Waals surface area contributed by atoms with Crippen LogP contribution in [0.3, 0.4) is 0 Å². The van der Waals surface area contributed by atoms with Crippen molar-refractivity contribution in [2.45, 2.75) is 29.8 Å². The highest BCUT2D eigenvalue weighted by Crippen LogP contribution is 2.44. The number of hydrogen-bond acceptors (Lipinski definition) is 8. The first-order valence-corrected chi connectivity index (χ1v) is 13.0. The van der Waals surface area contributed by atoms with Crippen LogP contribution in [0.4, 0.5) is 4.39 Å². The lowest BCUT2D eigenvalue weighted by molar-refractivity contribution is -0.147. The van der Waals surface area contributed by atoms with Crippen molar-refractivity contribution in [1.29, 1.82) is 0 Å². The van der Waals surface area contributed by atoms with Crippen LogP contribution in [-0.4, -0.2) is 54.2 Å². The molecule has 6 rings (SSSR count). The summed E-state index contributed by atoms with van der Waals surface area (Å²) in [5.74, 6) is -1.11. The quantitative estimate of drug-likeness (QED) is 0.372. The number of carbonyl (C=O) groups is 2. The van der Waals surface area contributed by atoms with Gasteiger partial charge in [-0.3, -0.25) is 19.4 Å². The topological polar surface area (TPSA) is 90.3 Å². The first-order chi connectivity index (χ1) is 18.4. The van der Waals surface area contributed by atoms with E-state index >= 15 is 0 Å². The number of thioether (sulfide) groups is 1. The standard InChI is InChI=1S/C27H22FN3O6S/c1-16(32)36-15-37-26-21(33)8-9-30-25(26)27(34)29-10-11-35-13-23(29)31(30)24-19-7-6-18(28)12-17(19)14-38-22-5-3-2-4-20(22)24/h2-7,12,23-24H,10-11,13-15H2,1H3/t23-,24+/m1/s1. The molecule has 9 nitrogen and oxygen atoms in total. The minimum absolute atomic E-state index is 0.0582. The van der Waals surface area contributed by atoms with E-state index in [1.54, 1.807) is 22.7 Å². The second kappa shape index (κ2) is 9.70. The molecule has 2 aromatic carbocycles. The van der Waals surface area contributed by atoms with E-state index in [1.807, 2.05) is 29.3 Å². The molecule has 3 aliphatic heterocycles. The van der Waals surface area contributed by atoms with E-state index in [2.05, 4.69) is 12.3 Å². The molecule has 0 spiro atoms. The second-order valence-corrected chi connectivity index (χ2v) is 9.98. The van der Waals surface area contributed by atoms with E-state index in [0.717, 1.165) is 21.6 Å². The molecule has 0 unspecified atom stereocenters.